The predicted molar refractivity (Wildman–Crippen MR) is 78.6 cm³/mol. The highest BCUT2D eigenvalue weighted by atomic mass is 32.2. The van der Waals surface area contributed by atoms with Crippen LogP contribution >= 0.6 is 0 Å². The van der Waals surface area contributed by atoms with Gasteiger partial charge in [0.15, 0.2) is 0 Å². The van der Waals surface area contributed by atoms with Gasteiger partial charge in [0, 0.05) is 12.6 Å². The van der Waals surface area contributed by atoms with E-state index in [0.29, 0.717) is 13.1 Å². The van der Waals surface area contributed by atoms with Gasteiger partial charge in [-0.15, -0.1) is 0 Å². The van der Waals surface area contributed by atoms with E-state index in [0.717, 1.165) is 25.7 Å². The highest BCUT2D eigenvalue weighted by molar-refractivity contribution is 7.92. The summed E-state index contributed by atoms with van der Waals surface area (Å²) in [5.74, 6) is -0.00356. The molecule has 2 N–H and O–H groups in total. The molecule has 2 heterocycles. The van der Waals surface area contributed by atoms with E-state index in [1.807, 2.05) is 0 Å². The molecule has 0 amide bonds. The Hall–Kier alpha value is -0.180. The van der Waals surface area contributed by atoms with Crippen LogP contribution in [-0.4, -0.2) is 57.0 Å². The maximum Gasteiger partial charge on any atom is 0.217 e. The van der Waals surface area contributed by atoms with Gasteiger partial charge in [-0.2, -0.15) is 4.31 Å². The standard InChI is InChI=1S/C12H24N2O4S2/c13-7-1-3-11-4-2-8-14(11)20(17,18)12-5-9-19(15,16)10-6-12/h11-12H,1-10,13H2. The first-order valence-corrected chi connectivity index (χ1v) is 10.6. The van der Waals surface area contributed by atoms with Gasteiger partial charge in [0.25, 0.3) is 0 Å². The van der Waals surface area contributed by atoms with Crippen molar-refractivity contribution in [3.8, 4) is 0 Å². The number of hydrogen-bond donors (Lipinski definition) is 1. The third-order valence-electron chi connectivity index (χ3n) is 4.31. The van der Waals surface area contributed by atoms with Crippen LogP contribution in [0, 0.1) is 0 Å². The van der Waals surface area contributed by atoms with E-state index in [1.165, 1.54) is 0 Å². The molecule has 0 aliphatic carbocycles. The molecule has 0 aromatic rings. The zero-order valence-electron chi connectivity index (χ0n) is 11.7. The number of hydrogen-bond acceptors (Lipinski definition) is 5. The number of rotatable bonds is 5. The normalized spacial score (nSPS) is 28.8. The average Bonchev–Trinajstić information content (AvgIpc) is 2.84. The van der Waals surface area contributed by atoms with Crippen LogP contribution in [0.25, 0.3) is 0 Å². The van der Waals surface area contributed by atoms with Gasteiger partial charge in [0.05, 0.1) is 16.8 Å². The van der Waals surface area contributed by atoms with E-state index in [9.17, 15) is 16.8 Å². The Morgan fingerprint density at radius 2 is 1.80 bits per heavy atom. The SMILES string of the molecule is NCCCC1CCCN1S(=O)(=O)C1CCS(=O)(=O)CC1. The molecule has 0 spiro atoms. The monoisotopic (exact) mass is 324 g/mol. The fraction of sp³-hybridized carbons (Fsp3) is 1.00. The minimum absolute atomic E-state index is 0.00178. The average molecular weight is 324 g/mol. The van der Waals surface area contributed by atoms with Crippen molar-refractivity contribution in [3.63, 3.8) is 0 Å². The molecule has 1 unspecified atom stereocenters. The summed E-state index contributed by atoms with van der Waals surface area (Å²) in [7, 11) is -6.39. The Kier molecular flexibility index (Phi) is 5.09. The highest BCUT2D eigenvalue weighted by Crippen LogP contribution is 2.30. The van der Waals surface area contributed by atoms with Crippen molar-refractivity contribution in [2.24, 2.45) is 5.73 Å². The van der Waals surface area contributed by atoms with Gasteiger partial charge in [-0.1, -0.05) is 0 Å². The molecular weight excluding hydrogens is 300 g/mol. The summed E-state index contributed by atoms with van der Waals surface area (Å²) < 4.78 is 49.8. The largest absolute Gasteiger partial charge is 0.330 e. The molecule has 20 heavy (non-hydrogen) atoms. The van der Waals surface area contributed by atoms with Crippen molar-refractivity contribution in [1.29, 1.82) is 0 Å². The lowest BCUT2D eigenvalue weighted by Crippen LogP contribution is -2.44. The van der Waals surface area contributed by atoms with Crippen LogP contribution in [0.5, 0.6) is 0 Å². The third-order valence-corrected chi connectivity index (χ3v) is 8.48. The molecule has 2 rings (SSSR count). The molecule has 0 aromatic carbocycles. The zero-order valence-corrected chi connectivity index (χ0v) is 13.3. The summed E-state index contributed by atoms with van der Waals surface area (Å²) in [6.07, 6.45) is 3.90. The van der Waals surface area contributed by atoms with E-state index < -0.39 is 25.1 Å². The van der Waals surface area contributed by atoms with Gasteiger partial charge in [-0.25, -0.2) is 16.8 Å². The topological polar surface area (TPSA) is 97.5 Å². The molecule has 2 fully saturated rings. The van der Waals surface area contributed by atoms with E-state index >= 15 is 0 Å². The summed E-state index contributed by atoms with van der Waals surface area (Å²) in [6, 6.07) is 0.0575. The lowest BCUT2D eigenvalue weighted by Gasteiger charge is -2.30. The number of nitrogens with two attached hydrogens (primary N) is 1. The maximum atomic E-state index is 12.7. The fourth-order valence-electron chi connectivity index (χ4n) is 3.14. The van der Waals surface area contributed by atoms with Gasteiger partial charge >= 0.3 is 0 Å². The van der Waals surface area contributed by atoms with Gasteiger partial charge in [-0.3, -0.25) is 0 Å². The molecule has 0 bridgehead atoms. The van der Waals surface area contributed by atoms with Crippen LogP contribution in [-0.2, 0) is 19.9 Å². The van der Waals surface area contributed by atoms with Crippen LogP contribution in [0.4, 0.5) is 0 Å². The van der Waals surface area contributed by atoms with Crippen molar-refractivity contribution in [2.75, 3.05) is 24.6 Å². The summed E-state index contributed by atoms with van der Waals surface area (Å²) >= 11 is 0. The fourth-order valence-corrected chi connectivity index (χ4v) is 7.16. The molecule has 118 valence electrons. The van der Waals surface area contributed by atoms with Crippen molar-refractivity contribution < 1.29 is 16.8 Å². The van der Waals surface area contributed by atoms with Crippen LogP contribution in [0.3, 0.4) is 0 Å². The Labute approximate surface area is 121 Å². The molecular formula is C12H24N2O4S2. The molecule has 6 nitrogen and oxygen atoms in total. The Balaban J connectivity index is 2.06. The lowest BCUT2D eigenvalue weighted by molar-refractivity contribution is 0.358. The first-order chi connectivity index (χ1) is 9.37. The van der Waals surface area contributed by atoms with Crippen molar-refractivity contribution in [2.45, 2.75) is 49.8 Å². The molecule has 8 heteroatoms. The summed E-state index contributed by atoms with van der Waals surface area (Å²) in [5.41, 5.74) is 5.50. The lowest BCUT2D eigenvalue weighted by atomic mass is 10.1. The second-order valence-electron chi connectivity index (χ2n) is 5.73. The number of sulfone groups is 1. The van der Waals surface area contributed by atoms with Crippen molar-refractivity contribution in [1.82, 2.24) is 4.31 Å². The molecule has 0 aromatic heterocycles. The van der Waals surface area contributed by atoms with Crippen LogP contribution in [0.1, 0.15) is 38.5 Å². The molecule has 0 radical (unpaired) electrons. The Morgan fingerprint density at radius 3 is 2.40 bits per heavy atom. The minimum Gasteiger partial charge on any atom is -0.330 e. The Bertz CT molecular complexity index is 516. The smallest absolute Gasteiger partial charge is 0.217 e. The van der Waals surface area contributed by atoms with Gasteiger partial charge in [-0.05, 0) is 45.1 Å². The number of sulfonamides is 1. The van der Waals surface area contributed by atoms with E-state index in [1.54, 1.807) is 4.31 Å². The first-order valence-electron chi connectivity index (χ1n) is 7.28. The van der Waals surface area contributed by atoms with E-state index in [-0.39, 0.29) is 30.4 Å². The zero-order chi connectivity index (χ0) is 14.8. The molecule has 2 saturated heterocycles. The molecule has 0 saturated carbocycles. The minimum atomic E-state index is -3.36. The highest BCUT2D eigenvalue weighted by Gasteiger charge is 2.41. The summed E-state index contributed by atoms with van der Waals surface area (Å²) in [4.78, 5) is 0. The Morgan fingerprint density at radius 1 is 1.15 bits per heavy atom. The number of nitrogens with zero attached hydrogens (tertiary/aromatic N) is 1. The van der Waals surface area contributed by atoms with Crippen LogP contribution < -0.4 is 5.73 Å². The van der Waals surface area contributed by atoms with Crippen LogP contribution in [0.15, 0.2) is 0 Å². The molecule has 2 aliphatic heterocycles. The van der Waals surface area contributed by atoms with E-state index in [2.05, 4.69) is 0 Å². The molecule has 1 atom stereocenters. The second kappa shape index (κ2) is 6.29. The quantitative estimate of drug-likeness (QED) is 0.773. The van der Waals surface area contributed by atoms with Crippen molar-refractivity contribution in [3.05, 3.63) is 0 Å². The predicted octanol–water partition coefficient (Wildman–Crippen LogP) is 0.0967. The van der Waals surface area contributed by atoms with Gasteiger partial charge in [0.2, 0.25) is 10.0 Å². The summed E-state index contributed by atoms with van der Waals surface area (Å²) in [6.45, 7) is 1.15. The third kappa shape index (κ3) is 3.52. The van der Waals surface area contributed by atoms with Gasteiger partial charge < -0.3 is 5.73 Å². The summed E-state index contributed by atoms with van der Waals surface area (Å²) in [5, 5.41) is -0.524. The first kappa shape index (κ1) is 16.2. The van der Waals surface area contributed by atoms with Crippen LogP contribution in [0.2, 0.25) is 0 Å². The molecule has 2 aliphatic rings. The second-order valence-corrected chi connectivity index (χ2v) is 10.2. The van der Waals surface area contributed by atoms with Gasteiger partial charge in [0.1, 0.15) is 9.84 Å². The van der Waals surface area contributed by atoms with Crippen molar-refractivity contribution >= 4 is 19.9 Å². The maximum absolute atomic E-state index is 12.7. The van der Waals surface area contributed by atoms with E-state index in [4.69, 9.17) is 5.73 Å².